The van der Waals surface area contributed by atoms with Crippen LogP contribution in [0.2, 0.25) is 0 Å². The summed E-state index contributed by atoms with van der Waals surface area (Å²) in [5.41, 5.74) is 0. The van der Waals surface area contributed by atoms with Crippen LogP contribution in [0.3, 0.4) is 0 Å². The minimum absolute atomic E-state index is 0.245. The maximum Gasteiger partial charge on any atom is 0.0793 e. The van der Waals surface area contributed by atoms with E-state index in [1.807, 2.05) is 0 Å². The Morgan fingerprint density at radius 2 is 1.94 bits per heavy atom. The van der Waals surface area contributed by atoms with E-state index in [0.29, 0.717) is 0 Å². The molecule has 0 bridgehead atoms. The quantitative estimate of drug-likeness (QED) is 0.713. The Morgan fingerprint density at radius 3 is 2.53 bits per heavy atom. The first-order valence-electron chi connectivity index (χ1n) is 6.74. The smallest absolute Gasteiger partial charge is 0.0793 e. The van der Waals surface area contributed by atoms with Crippen molar-refractivity contribution in [1.29, 1.82) is 0 Å². The van der Waals surface area contributed by atoms with E-state index in [4.69, 9.17) is 4.74 Å². The molecule has 1 N–H and O–H groups in total. The van der Waals surface area contributed by atoms with E-state index >= 15 is 0 Å². The van der Waals surface area contributed by atoms with Crippen LogP contribution in [0.25, 0.3) is 0 Å². The number of aliphatic hydroxyl groups is 1. The second-order valence-corrected chi connectivity index (χ2v) is 5.51. The Morgan fingerprint density at radius 1 is 1.29 bits per heavy atom. The molecule has 0 aromatic rings. The van der Waals surface area contributed by atoms with Crippen molar-refractivity contribution in [2.24, 2.45) is 5.92 Å². The van der Waals surface area contributed by atoms with E-state index in [9.17, 15) is 5.11 Å². The summed E-state index contributed by atoms with van der Waals surface area (Å²) in [6, 6.07) is 0. The van der Waals surface area contributed by atoms with Crippen molar-refractivity contribution >= 4 is 0 Å². The summed E-state index contributed by atoms with van der Waals surface area (Å²) in [6.07, 6.45) is 0.950. The van der Waals surface area contributed by atoms with Gasteiger partial charge in [0.1, 0.15) is 0 Å². The largest absolute Gasteiger partial charge is 0.390 e. The van der Waals surface area contributed by atoms with Crippen molar-refractivity contribution in [2.45, 2.75) is 26.4 Å². The highest BCUT2D eigenvalue weighted by Gasteiger charge is 2.16. The number of nitrogens with zero attached hydrogens (tertiary/aromatic N) is 2. The number of aliphatic hydroxyl groups excluding tert-OH is 1. The average Bonchev–Trinajstić information content (AvgIpc) is 2.27. The van der Waals surface area contributed by atoms with Crippen molar-refractivity contribution in [3.05, 3.63) is 0 Å². The van der Waals surface area contributed by atoms with Crippen molar-refractivity contribution in [2.75, 3.05) is 53.0 Å². The fourth-order valence-electron chi connectivity index (χ4n) is 2.07. The molecule has 4 nitrogen and oxygen atoms in total. The Kier molecular flexibility index (Phi) is 7.04. The van der Waals surface area contributed by atoms with Gasteiger partial charge in [-0.05, 0) is 25.9 Å². The lowest BCUT2D eigenvalue weighted by Crippen LogP contribution is -2.44. The van der Waals surface area contributed by atoms with Crippen molar-refractivity contribution < 1.29 is 9.84 Å². The second kappa shape index (κ2) is 8.03. The molecule has 0 radical (unpaired) electrons. The molecule has 1 aliphatic heterocycles. The van der Waals surface area contributed by atoms with E-state index in [1.54, 1.807) is 0 Å². The van der Waals surface area contributed by atoms with Gasteiger partial charge in [-0.2, -0.15) is 0 Å². The van der Waals surface area contributed by atoms with Crippen LogP contribution in [-0.4, -0.2) is 74.0 Å². The Hall–Kier alpha value is -0.160. The topological polar surface area (TPSA) is 35.9 Å². The van der Waals surface area contributed by atoms with Gasteiger partial charge in [-0.25, -0.2) is 0 Å². The van der Waals surface area contributed by atoms with Crippen LogP contribution in [0.1, 0.15) is 20.3 Å². The Labute approximate surface area is 106 Å². The van der Waals surface area contributed by atoms with Crippen LogP contribution in [0.5, 0.6) is 0 Å². The Balaban J connectivity index is 2.12. The maximum atomic E-state index is 10.0. The van der Waals surface area contributed by atoms with Crippen LogP contribution in [0.4, 0.5) is 0 Å². The molecule has 0 aromatic heterocycles. The zero-order chi connectivity index (χ0) is 12.7. The number of likely N-dealkylation sites (N-methyl/N-ethyl adjacent to an activating group) is 1. The van der Waals surface area contributed by atoms with E-state index in [1.165, 1.54) is 6.42 Å². The molecule has 0 saturated carbocycles. The third-order valence-electron chi connectivity index (χ3n) is 3.18. The standard InChI is InChI=1S/C13H28N2O2/c1-12(2)4-5-14(3)10-13(16)11-15-6-8-17-9-7-15/h12-13,16H,4-11H2,1-3H3. The van der Waals surface area contributed by atoms with E-state index in [0.717, 1.165) is 51.9 Å². The van der Waals surface area contributed by atoms with Gasteiger partial charge < -0.3 is 14.7 Å². The van der Waals surface area contributed by atoms with E-state index < -0.39 is 0 Å². The van der Waals surface area contributed by atoms with Gasteiger partial charge in [-0.15, -0.1) is 0 Å². The molecule has 0 aliphatic carbocycles. The summed E-state index contributed by atoms with van der Waals surface area (Å²) in [5.74, 6) is 0.730. The van der Waals surface area contributed by atoms with E-state index in [2.05, 4.69) is 30.7 Å². The van der Waals surface area contributed by atoms with Crippen LogP contribution < -0.4 is 0 Å². The first kappa shape index (κ1) is 14.9. The third-order valence-corrected chi connectivity index (χ3v) is 3.18. The van der Waals surface area contributed by atoms with E-state index in [-0.39, 0.29) is 6.10 Å². The van der Waals surface area contributed by atoms with Crippen LogP contribution >= 0.6 is 0 Å². The molecule has 1 saturated heterocycles. The van der Waals surface area contributed by atoms with Gasteiger partial charge in [0, 0.05) is 26.2 Å². The van der Waals surface area contributed by atoms with Crippen molar-refractivity contribution in [3.63, 3.8) is 0 Å². The minimum Gasteiger partial charge on any atom is -0.390 e. The lowest BCUT2D eigenvalue weighted by Gasteiger charge is -2.30. The summed E-state index contributed by atoms with van der Waals surface area (Å²) >= 11 is 0. The van der Waals surface area contributed by atoms with Gasteiger partial charge in [0.25, 0.3) is 0 Å². The van der Waals surface area contributed by atoms with Gasteiger partial charge in [0.15, 0.2) is 0 Å². The number of hydrogen-bond donors (Lipinski definition) is 1. The number of ether oxygens (including phenoxy) is 1. The number of rotatable bonds is 7. The van der Waals surface area contributed by atoms with Crippen LogP contribution in [0, 0.1) is 5.92 Å². The number of hydrogen-bond acceptors (Lipinski definition) is 4. The molecule has 102 valence electrons. The maximum absolute atomic E-state index is 10.0. The third kappa shape index (κ3) is 6.99. The van der Waals surface area contributed by atoms with Gasteiger partial charge in [-0.3, -0.25) is 4.90 Å². The molecule has 1 heterocycles. The Bertz CT molecular complexity index is 194. The summed E-state index contributed by atoms with van der Waals surface area (Å²) in [5, 5.41) is 10.0. The predicted octanol–water partition coefficient (Wildman–Crippen LogP) is 0.657. The van der Waals surface area contributed by atoms with Gasteiger partial charge in [0.2, 0.25) is 0 Å². The van der Waals surface area contributed by atoms with Gasteiger partial charge >= 0.3 is 0 Å². The first-order valence-corrected chi connectivity index (χ1v) is 6.74. The number of morpholine rings is 1. The lowest BCUT2D eigenvalue weighted by molar-refractivity contribution is 0.00850. The number of β-amino-alcohol motifs (C(OH)–C–C–N with tert-alkyl or cyclic N) is 1. The molecule has 1 atom stereocenters. The second-order valence-electron chi connectivity index (χ2n) is 5.51. The predicted molar refractivity (Wildman–Crippen MR) is 70.2 cm³/mol. The lowest BCUT2D eigenvalue weighted by atomic mass is 10.1. The molecule has 17 heavy (non-hydrogen) atoms. The fraction of sp³-hybridized carbons (Fsp3) is 1.00. The first-order chi connectivity index (χ1) is 8.08. The molecule has 1 rings (SSSR count). The summed E-state index contributed by atoms with van der Waals surface area (Å²) in [4.78, 5) is 4.51. The highest BCUT2D eigenvalue weighted by molar-refractivity contribution is 4.70. The summed E-state index contributed by atoms with van der Waals surface area (Å²) < 4.78 is 5.29. The summed E-state index contributed by atoms with van der Waals surface area (Å²) in [7, 11) is 2.09. The molecular weight excluding hydrogens is 216 g/mol. The molecule has 0 spiro atoms. The van der Waals surface area contributed by atoms with Gasteiger partial charge in [0.05, 0.1) is 19.3 Å². The normalized spacial score (nSPS) is 20.1. The fourth-order valence-corrected chi connectivity index (χ4v) is 2.07. The zero-order valence-electron chi connectivity index (χ0n) is 11.6. The molecule has 4 heteroatoms. The molecule has 1 unspecified atom stereocenters. The van der Waals surface area contributed by atoms with Crippen molar-refractivity contribution in [3.8, 4) is 0 Å². The monoisotopic (exact) mass is 244 g/mol. The summed E-state index contributed by atoms with van der Waals surface area (Å²) in [6.45, 7) is 10.6. The molecule has 1 aliphatic rings. The van der Waals surface area contributed by atoms with Crippen molar-refractivity contribution in [1.82, 2.24) is 9.80 Å². The molecule has 0 aromatic carbocycles. The minimum atomic E-state index is -0.245. The SMILES string of the molecule is CC(C)CCN(C)CC(O)CN1CCOCC1. The average molecular weight is 244 g/mol. The molecule has 1 fully saturated rings. The molecular formula is C13H28N2O2. The highest BCUT2D eigenvalue weighted by atomic mass is 16.5. The van der Waals surface area contributed by atoms with Gasteiger partial charge in [-0.1, -0.05) is 13.8 Å². The molecule has 0 amide bonds. The highest BCUT2D eigenvalue weighted by Crippen LogP contribution is 2.03. The zero-order valence-corrected chi connectivity index (χ0v) is 11.6. The van der Waals surface area contributed by atoms with Crippen LogP contribution in [0.15, 0.2) is 0 Å². The van der Waals surface area contributed by atoms with Crippen LogP contribution in [-0.2, 0) is 4.74 Å².